The summed E-state index contributed by atoms with van der Waals surface area (Å²) in [4.78, 5) is 0.130. The van der Waals surface area contributed by atoms with Crippen LogP contribution < -0.4 is 0 Å². The molecule has 0 aromatic rings. The van der Waals surface area contributed by atoms with Crippen molar-refractivity contribution in [2.75, 3.05) is 12.4 Å². The number of hydrogen-bond acceptors (Lipinski definition) is 5. The molecular formula is C13H24O6S2. The van der Waals surface area contributed by atoms with Crippen LogP contribution in [0.15, 0.2) is 35.8 Å². The number of rotatable bonds is 8. The van der Waals surface area contributed by atoms with E-state index < -0.39 is 32.6 Å². The van der Waals surface area contributed by atoms with Gasteiger partial charge in [0.2, 0.25) is 0 Å². The van der Waals surface area contributed by atoms with E-state index in [0.29, 0.717) is 0 Å². The summed E-state index contributed by atoms with van der Waals surface area (Å²) in [6.07, 6.45) is 4.92. The van der Waals surface area contributed by atoms with E-state index in [1.54, 1.807) is 6.08 Å². The molecule has 0 aliphatic carbocycles. The van der Waals surface area contributed by atoms with Crippen LogP contribution in [0.3, 0.4) is 0 Å². The van der Waals surface area contributed by atoms with Crippen LogP contribution in [-0.4, -0.2) is 33.7 Å². The van der Waals surface area contributed by atoms with Gasteiger partial charge in [0.1, 0.15) is 0 Å². The first-order chi connectivity index (χ1) is 9.62. The van der Waals surface area contributed by atoms with Crippen LogP contribution in [0, 0.1) is 0 Å². The minimum absolute atomic E-state index is 0.130. The predicted molar refractivity (Wildman–Crippen MR) is 85.0 cm³/mol. The first-order valence-electron chi connectivity index (χ1n) is 6.33. The molecule has 0 spiro atoms. The third kappa shape index (κ3) is 11.4. The maximum atomic E-state index is 11.8. The van der Waals surface area contributed by atoms with Gasteiger partial charge in [-0.3, -0.25) is 4.55 Å². The second kappa shape index (κ2) is 10.7. The van der Waals surface area contributed by atoms with Gasteiger partial charge in [0.15, 0.2) is 9.84 Å². The van der Waals surface area contributed by atoms with Gasteiger partial charge in [0.05, 0.1) is 12.4 Å². The van der Waals surface area contributed by atoms with E-state index in [-0.39, 0.29) is 4.91 Å². The van der Waals surface area contributed by atoms with Crippen molar-refractivity contribution in [2.24, 2.45) is 0 Å². The van der Waals surface area contributed by atoms with Crippen molar-refractivity contribution in [3.05, 3.63) is 35.8 Å². The Bertz CT molecular complexity index is 549. The molecular weight excluding hydrogens is 316 g/mol. The van der Waals surface area contributed by atoms with Gasteiger partial charge < -0.3 is 0 Å². The van der Waals surface area contributed by atoms with E-state index >= 15 is 0 Å². The number of sulfone groups is 1. The highest BCUT2D eigenvalue weighted by molar-refractivity contribution is 7.95. The number of allylic oxidation sites excluding steroid dienone is 4. The maximum absolute atomic E-state index is 11.8. The summed E-state index contributed by atoms with van der Waals surface area (Å²) in [5.74, 6) is -0.503. The maximum Gasteiger partial charge on any atom is 0.397 e. The number of hydrogen-bond donors (Lipinski definition) is 1. The first kappa shape index (κ1) is 22.3. The van der Waals surface area contributed by atoms with Crippen molar-refractivity contribution in [2.45, 2.75) is 33.6 Å². The van der Waals surface area contributed by atoms with Crippen LogP contribution in [-0.2, 0) is 24.4 Å². The van der Waals surface area contributed by atoms with Crippen LogP contribution >= 0.6 is 0 Å². The van der Waals surface area contributed by atoms with Gasteiger partial charge in [-0.05, 0) is 25.8 Å². The smallest absolute Gasteiger partial charge is 0.264 e. The summed E-state index contributed by atoms with van der Waals surface area (Å²) in [6.45, 7) is 10.8. The summed E-state index contributed by atoms with van der Waals surface area (Å²) in [6, 6.07) is 0. The fourth-order valence-corrected chi connectivity index (χ4v) is 2.53. The minimum Gasteiger partial charge on any atom is -0.264 e. The van der Waals surface area contributed by atoms with E-state index in [9.17, 15) is 16.8 Å². The molecule has 0 aromatic heterocycles. The highest BCUT2D eigenvalue weighted by Crippen LogP contribution is 2.11. The summed E-state index contributed by atoms with van der Waals surface area (Å²) >= 11 is 0. The van der Waals surface area contributed by atoms with Crippen LogP contribution in [0.25, 0.3) is 0 Å². The lowest BCUT2D eigenvalue weighted by Crippen LogP contribution is -2.15. The molecule has 1 N–H and O–H groups in total. The highest BCUT2D eigenvalue weighted by atomic mass is 32.3. The van der Waals surface area contributed by atoms with Crippen molar-refractivity contribution >= 4 is 20.2 Å². The molecule has 0 aliphatic rings. The van der Waals surface area contributed by atoms with Gasteiger partial charge in [-0.2, -0.15) is 8.42 Å². The Labute approximate surface area is 128 Å². The zero-order valence-corrected chi connectivity index (χ0v) is 14.3. The molecule has 0 amide bonds. The summed E-state index contributed by atoms with van der Waals surface area (Å²) in [7, 11) is -8.18. The quantitative estimate of drug-likeness (QED) is 0.414. The van der Waals surface area contributed by atoms with E-state index in [4.69, 9.17) is 4.55 Å². The van der Waals surface area contributed by atoms with E-state index in [0.717, 1.165) is 18.4 Å². The molecule has 6 nitrogen and oxygen atoms in total. The first-order valence-corrected chi connectivity index (χ1v) is 9.35. The van der Waals surface area contributed by atoms with Gasteiger partial charge in [-0.1, -0.05) is 25.5 Å². The van der Waals surface area contributed by atoms with Gasteiger partial charge in [0, 0.05) is 4.91 Å². The monoisotopic (exact) mass is 340 g/mol. The average Bonchev–Trinajstić information content (AvgIpc) is 2.40. The standard InChI is InChI=1S/C11H20O6S2.C2H4/c1-4-11(5-2)7-6-10(3)18(12,13)9-8-17-19(14,15)16;1-2/h6-7H,4-5,8-9H2,1-3H3,(H,14,15,16);1-2H2/b10-6+;. The Hall–Kier alpha value is -0.960. The Morgan fingerprint density at radius 2 is 1.57 bits per heavy atom. The van der Waals surface area contributed by atoms with Crippen LogP contribution in [0.2, 0.25) is 0 Å². The van der Waals surface area contributed by atoms with Gasteiger partial charge in [-0.15, -0.1) is 13.2 Å². The van der Waals surface area contributed by atoms with Crippen molar-refractivity contribution in [1.29, 1.82) is 0 Å². The normalized spacial score (nSPS) is 12.3. The van der Waals surface area contributed by atoms with Crippen molar-refractivity contribution in [3.63, 3.8) is 0 Å². The van der Waals surface area contributed by atoms with Crippen LogP contribution in [0.5, 0.6) is 0 Å². The molecule has 0 heterocycles. The minimum atomic E-state index is -4.60. The third-order valence-corrected chi connectivity index (χ3v) is 4.82. The summed E-state index contributed by atoms with van der Waals surface area (Å²) in [5, 5.41) is 0. The third-order valence-electron chi connectivity index (χ3n) is 2.54. The lowest BCUT2D eigenvalue weighted by Gasteiger charge is -2.04. The summed E-state index contributed by atoms with van der Waals surface area (Å²) in [5.41, 5.74) is 1.11. The Morgan fingerprint density at radius 3 is 1.95 bits per heavy atom. The molecule has 0 rings (SSSR count). The van der Waals surface area contributed by atoms with Crippen LogP contribution in [0.1, 0.15) is 33.6 Å². The van der Waals surface area contributed by atoms with Gasteiger partial charge in [-0.25, -0.2) is 12.6 Å². The Balaban J connectivity index is 0. The molecule has 0 radical (unpaired) electrons. The molecule has 0 saturated heterocycles. The molecule has 0 atom stereocenters. The lowest BCUT2D eigenvalue weighted by molar-refractivity contribution is 0.284. The van der Waals surface area contributed by atoms with E-state index in [1.807, 2.05) is 13.8 Å². The molecule has 0 bridgehead atoms. The fourth-order valence-electron chi connectivity index (χ4n) is 1.23. The molecule has 0 aromatic carbocycles. The van der Waals surface area contributed by atoms with Crippen LogP contribution in [0.4, 0.5) is 0 Å². The summed E-state index contributed by atoms with van der Waals surface area (Å²) < 4.78 is 56.4. The van der Waals surface area contributed by atoms with Crippen molar-refractivity contribution < 1.29 is 25.6 Å². The second-order valence-electron chi connectivity index (χ2n) is 3.88. The van der Waals surface area contributed by atoms with Gasteiger partial charge in [0.25, 0.3) is 0 Å². The predicted octanol–water partition coefficient (Wildman–Crippen LogP) is 2.67. The molecule has 124 valence electrons. The molecule has 0 unspecified atom stereocenters. The largest absolute Gasteiger partial charge is 0.397 e. The molecule has 0 saturated carbocycles. The molecule has 0 fully saturated rings. The molecule has 0 aliphatic heterocycles. The van der Waals surface area contributed by atoms with Crippen molar-refractivity contribution in [3.8, 4) is 0 Å². The van der Waals surface area contributed by atoms with E-state index in [1.165, 1.54) is 13.0 Å². The fraction of sp³-hybridized carbons (Fsp3) is 0.538. The zero-order valence-electron chi connectivity index (χ0n) is 12.7. The van der Waals surface area contributed by atoms with Crippen molar-refractivity contribution in [1.82, 2.24) is 0 Å². The Kier molecular flexibility index (Phi) is 11.4. The lowest BCUT2D eigenvalue weighted by atomic mass is 10.1. The Morgan fingerprint density at radius 1 is 1.10 bits per heavy atom. The molecule has 8 heteroatoms. The van der Waals surface area contributed by atoms with E-state index in [2.05, 4.69) is 17.3 Å². The highest BCUT2D eigenvalue weighted by Gasteiger charge is 2.15. The second-order valence-corrected chi connectivity index (χ2v) is 7.25. The molecule has 21 heavy (non-hydrogen) atoms. The zero-order chi connectivity index (χ0) is 17.1. The average molecular weight is 340 g/mol. The topological polar surface area (TPSA) is 97.7 Å². The van der Waals surface area contributed by atoms with Gasteiger partial charge >= 0.3 is 10.4 Å². The SMILES string of the molecule is C=C.CCC(=C/C=C(\C)S(=O)(=O)CCOS(=O)(=O)O)CC.